The van der Waals surface area contributed by atoms with Gasteiger partial charge in [-0.05, 0) is 0 Å². The summed E-state index contributed by atoms with van der Waals surface area (Å²) >= 11 is 0. The fraction of sp³-hybridized carbons (Fsp3) is 0.714. The number of aliphatic carboxylic acids is 1. The predicted octanol–water partition coefficient (Wildman–Crippen LogP) is -0.436. The first-order valence-corrected chi connectivity index (χ1v) is 3.45. The largest absolute Gasteiger partial charge is 0.480 e. The maximum Gasteiger partial charge on any atom is 0.328 e. The van der Waals surface area contributed by atoms with Gasteiger partial charge in [0.1, 0.15) is 0 Å². The van der Waals surface area contributed by atoms with E-state index in [-0.39, 0.29) is 12.5 Å². The second kappa shape index (κ2) is 4.71. The highest BCUT2D eigenvalue weighted by Gasteiger charge is 2.23. The number of carboxylic acids is 1. The van der Waals surface area contributed by atoms with Crippen molar-refractivity contribution in [1.29, 1.82) is 0 Å². The van der Waals surface area contributed by atoms with Crippen LogP contribution >= 0.6 is 0 Å². The number of likely N-dealkylation sites (N-methyl/N-ethyl adjacent to an activating group) is 1. The van der Waals surface area contributed by atoms with Crippen molar-refractivity contribution in [2.45, 2.75) is 13.0 Å². The Morgan fingerprint density at radius 1 is 1.58 bits per heavy atom. The molecular formula is C7H13NO4. The second-order valence-electron chi connectivity index (χ2n) is 2.44. The van der Waals surface area contributed by atoms with Gasteiger partial charge in [0.2, 0.25) is 5.91 Å². The van der Waals surface area contributed by atoms with Crippen LogP contribution in [-0.2, 0) is 14.3 Å². The number of rotatable bonds is 4. The van der Waals surface area contributed by atoms with Crippen molar-refractivity contribution < 1.29 is 19.4 Å². The van der Waals surface area contributed by atoms with Crippen LogP contribution in [0, 0.1) is 0 Å². The molecule has 0 rings (SSSR count). The van der Waals surface area contributed by atoms with Gasteiger partial charge in [-0.2, -0.15) is 0 Å². The van der Waals surface area contributed by atoms with E-state index in [0.29, 0.717) is 0 Å². The molecule has 1 amide bonds. The fourth-order valence-electron chi connectivity index (χ4n) is 0.726. The lowest BCUT2D eigenvalue weighted by Gasteiger charge is -2.22. The Labute approximate surface area is 70.9 Å². The Morgan fingerprint density at radius 2 is 2.08 bits per heavy atom. The molecule has 0 saturated carbocycles. The molecule has 0 saturated heterocycles. The molecule has 0 aliphatic heterocycles. The monoisotopic (exact) mass is 175 g/mol. The molecule has 0 bridgehead atoms. The lowest BCUT2D eigenvalue weighted by Crippen LogP contribution is -2.44. The van der Waals surface area contributed by atoms with Crippen molar-refractivity contribution in [2.75, 3.05) is 20.8 Å². The number of carboxylic acid groups (broad SMARTS) is 1. The summed E-state index contributed by atoms with van der Waals surface area (Å²) in [5.41, 5.74) is 0. The van der Waals surface area contributed by atoms with Crippen LogP contribution in [0.15, 0.2) is 0 Å². The third-order valence-electron chi connectivity index (χ3n) is 1.57. The van der Waals surface area contributed by atoms with Crippen LogP contribution in [0.1, 0.15) is 6.92 Å². The van der Waals surface area contributed by atoms with Crippen LogP contribution in [0.25, 0.3) is 0 Å². The van der Waals surface area contributed by atoms with Gasteiger partial charge in [0.25, 0.3) is 0 Å². The molecule has 0 heterocycles. The number of hydrogen-bond donors (Lipinski definition) is 1. The first-order valence-electron chi connectivity index (χ1n) is 3.45. The maximum atomic E-state index is 10.8. The van der Waals surface area contributed by atoms with E-state index in [1.54, 1.807) is 0 Å². The van der Waals surface area contributed by atoms with Gasteiger partial charge in [0, 0.05) is 21.1 Å². The Kier molecular flexibility index (Phi) is 4.28. The highest BCUT2D eigenvalue weighted by Crippen LogP contribution is 1.97. The van der Waals surface area contributed by atoms with E-state index in [9.17, 15) is 9.59 Å². The molecule has 0 radical (unpaired) electrons. The summed E-state index contributed by atoms with van der Waals surface area (Å²) in [4.78, 5) is 22.5. The van der Waals surface area contributed by atoms with Crippen LogP contribution in [0.2, 0.25) is 0 Å². The topological polar surface area (TPSA) is 66.8 Å². The summed E-state index contributed by atoms with van der Waals surface area (Å²) in [7, 11) is 2.82. The first-order chi connectivity index (χ1) is 5.50. The number of carbonyl (C=O) groups excluding carboxylic acids is 1. The molecule has 5 nitrogen and oxygen atoms in total. The molecule has 1 N–H and O–H groups in total. The zero-order valence-electron chi connectivity index (χ0n) is 7.40. The van der Waals surface area contributed by atoms with Gasteiger partial charge in [-0.1, -0.05) is 0 Å². The summed E-state index contributed by atoms with van der Waals surface area (Å²) in [6.45, 7) is 1.32. The van der Waals surface area contributed by atoms with Crippen molar-refractivity contribution in [3.05, 3.63) is 0 Å². The molecule has 1 atom stereocenters. The molecule has 12 heavy (non-hydrogen) atoms. The minimum Gasteiger partial charge on any atom is -0.480 e. The summed E-state index contributed by atoms with van der Waals surface area (Å²) in [6.07, 6.45) is 0. The van der Waals surface area contributed by atoms with E-state index in [1.807, 2.05) is 0 Å². The Morgan fingerprint density at radius 3 is 2.33 bits per heavy atom. The fourth-order valence-corrected chi connectivity index (χ4v) is 0.726. The highest BCUT2D eigenvalue weighted by molar-refractivity contribution is 5.82. The molecule has 5 heteroatoms. The maximum absolute atomic E-state index is 10.8. The first kappa shape index (κ1) is 10.9. The van der Waals surface area contributed by atoms with Crippen LogP contribution in [0.4, 0.5) is 0 Å². The van der Waals surface area contributed by atoms with Gasteiger partial charge in [-0.15, -0.1) is 0 Å². The number of hydrogen-bond acceptors (Lipinski definition) is 3. The Balaban J connectivity index is 4.28. The van der Waals surface area contributed by atoms with E-state index in [1.165, 1.54) is 21.1 Å². The minimum absolute atomic E-state index is 0.00537. The number of nitrogens with zero attached hydrogens (tertiary/aromatic N) is 1. The molecular weight excluding hydrogens is 162 g/mol. The summed E-state index contributed by atoms with van der Waals surface area (Å²) < 4.78 is 4.66. The molecule has 0 aliphatic rings. The van der Waals surface area contributed by atoms with E-state index < -0.39 is 12.0 Å². The van der Waals surface area contributed by atoms with Crippen molar-refractivity contribution in [3.8, 4) is 0 Å². The summed E-state index contributed by atoms with van der Waals surface area (Å²) in [5.74, 6) is -1.35. The molecule has 0 fully saturated rings. The van der Waals surface area contributed by atoms with Gasteiger partial charge in [-0.3, -0.25) is 4.79 Å². The molecule has 0 aromatic carbocycles. The van der Waals surface area contributed by atoms with E-state index >= 15 is 0 Å². The standard InChI is InChI=1S/C7H13NO4/c1-5(9)8(2)6(4-12-3)7(10)11/h6H,4H2,1-3H3,(H,10,11)/t6-/m1/s1. The number of carbonyl (C=O) groups is 2. The SMILES string of the molecule is COC[C@H](C(=O)O)N(C)C(C)=O. The van der Waals surface area contributed by atoms with Gasteiger partial charge >= 0.3 is 5.97 Å². The summed E-state index contributed by atoms with van der Waals surface area (Å²) in [6, 6.07) is -0.896. The van der Waals surface area contributed by atoms with Gasteiger partial charge in [0.05, 0.1) is 6.61 Å². The third kappa shape index (κ3) is 2.87. The average Bonchev–Trinajstić information content (AvgIpc) is 1.98. The zero-order chi connectivity index (χ0) is 9.72. The lowest BCUT2D eigenvalue weighted by atomic mass is 10.3. The van der Waals surface area contributed by atoms with E-state index in [0.717, 1.165) is 4.90 Å². The molecule has 0 aromatic rings. The average molecular weight is 175 g/mol. The molecule has 0 unspecified atom stereocenters. The highest BCUT2D eigenvalue weighted by atomic mass is 16.5. The van der Waals surface area contributed by atoms with Crippen LogP contribution in [0.3, 0.4) is 0 Å². The van der Waals surface area contributed by atoms with Gasteiger partial charge in [0.15, 0.2) is 6.04 Å². The zero-order valence-corrected chi connectivity index (χ0v) is 7.40. The van der Waals surface area contributed by atoms with Gasteiger partial charge < -0.3 is 14.7 Å². The van der Waals surface area contributed by atoms with Crippen LogP contribution in [-0.4, -0.2) is 48.7 Å². The van der Waals surface area contributed by atoms with Crippen molar-refractivity contribution >= 4 is 11.9 Å². The van der Waals surface area contributed by atoms with Crippen LogP contribution in [0.5, 0.6) is 0 Å². The van der Waals surface area contributed by atoms with Crippen molar-refractivity contribution in [2.24, 2.45) is 0 Å². The van der Waals surface area contributed by atoms with Gasteiger partial charge in [-0.25, -0.2) is 4.79 Å². The molecule has 0 spiro atoms. The summed E-state index contributed by atoms with van der Waals surface area (Å²) in [5, 5.41) is 8.65. The molecule has 0 aromatic heterocycles. The quantitative estimate of drug-likeness (QED) is 0.629. The molecule has 0 aliphatic carbocycles. The minimum atomic E-state index is -1.06. The van der Waals surface area contributed by atoms with Crippen molar-refractivity contribution in [3.63, 3.8) is 0 Å². The van der Waals surface area contributed by atoms with E-state index in [2.05, 4.69) is 4.74 Å². The van der Waals surface area contributed by atoms with Crippen LogP contribution < -0.4 is 0 Å². The smallest absolute Gasteiger partial charge is 0.328 e. The predicted molar refractivity (Wildman–Crippen MR) is 41.7 cm³/mol. The number of methoxy groups -OCH3 is 1. The van der Waals surface area contributed by atoms with E-state index in [4.69, 9.17) is 5.11 Å². The lowest BCUT2D eigenvalue weighted by molar-refractivity contribution is -0.150. The Bertz CT molecular complexity index is 180. The number of ether oxygens (including phenoxy) is 1. The van der Waals surface area contributed by atoms with Crippen molar-refractivity contribution in [1.82, 2.24) is 4.90 Å². The Hall–Kier alpha value is -1.10. The normalized spacial score (nSPS) is 12.2. The molecule has 70 valence electrons. The third-order valence-corrected chi connectivity index (χ3v) is 1.57. The number of amides is 1. The second-order valence-corrected chi connectivity index (χ2v) is 2.44.